The fourth-order valence-corrected chi connectivity index (χ4v) is 3.18. The van der Waals surface area contributed by atoms with Crippen molar-refractivity contribution in [2.24, 2.45) is 0 Å². The number of benzene rings is 3. The minimum absolute atomic E-state index is 0.107. The molecule has 1 heterocycles. The highest BCUT2D eigenvalue weighted by Crippen LogP contribution is 2.25. The Morgan fingerprint density at radius 3 is 2.63 bits per heavy atom. The molecule has 134 valence electrons. The first-order valence-corrected chi connectivity index (χ1v) is 8.82. The Hall–Kier alpha value is -3.18. The van der Waals surface area contributed by atoms with Crippen LogP contribution >= 0.6 is 11.6 Å². The molecule has 3 aromatic carbocycles. The lowest BCUT2D eigenvalue weighted by Crippen LogP contribution is -2.26. The van der Waals surface area contributed by atoms with Crippen molar-refractivity contribution in [3.8, 4) is 11.4 Å². The Labute approximate surface area is 161 Å². The third kappa shape index (κ3) is 3.41. The molecule has 1 aromatic heterocycles. The molecule has 27 heavy (non-hydrogen) atoms. The molecule has 0 aliphatic carbocycles. The number of carbonyl (C=O) groups is 1. The van der Waals surface area contributed by atoms with Crippen molar-refractivity contribution in [1.82, 2.24) is 15.0 Å². The van der Waals surface area contributed by atoms with Gasteiger partial charge in [-0.3, -0.25) is 4.79 Å². The summed E-state index contributed by atoms with van der Waals surface area (Å²) in [5, 5.41) is 6.46. The lowest BCUT2D eigenvalue weighted by atomic mass is 10.0. The summed E-state index contributed by atoms with van der Waals surface area (Å²) >= 11 is 6.17. The van der Waals surface area contributed by atoms with Crippen molar-refractivity contribution in [1.29, 1.82) is 0 Å². The summed E-state index contributed by atoms with van der Waals surface area (Å²) in [4.78, 5) is 18.8. The van der Waals surface area contributed by atoms with E-state index in [1.807, 2.05) is 60.7 Å². The number of rotatable bonds is 4. The average Bonchev–Trinajstić information content (AvgIpc) is 3.15. The molecule has 0 unspecified atom stereocenters. The van der Waals surface area contributed by atoms with Gasteiger partial charge in [-0.05, 0) is 29.0 Å². The Bertz CT molecular complexity index is 1120. The van der Waals surface area contributed by atoms with Crippen molar-refractivity contribution in [3.63, 3.8) is 0 Å². The second kappa shape index (κ2) is 7.21. The van der Waals surface area contributed by atoms with Crippen molar-refractivity contribution in [2.45, 2.75) is 6.54 Å². The quantitative estimate of drug-likeness (QED) is 0.511. The maximum atomic E-state index is 12.9. The summed E-state index contributed by atoms with van der Waals surface area (Å²) in [7, 11) is 1.71. The SMILES string of the molecule is CN(Cc1nc(-c2ccccc2Cl)no1)C(=O)c1cccc2ccccc12. The summed E-state index contributed by atoms with van der Waals surface area (Å²) in [5.74, 6) is 0.645. The molecule has 1 amide bonds. The molecule has 0 N–H and O–H groups in total. The fourth-order valence-electron chi connectivity index (χ4n) is 2.96. The third-order valence-corrected chi connectivity index (χ3v) is 4.65. The van der Waals surface area contributed by atoms with Crippen LogP contribution in [0.25, 0.3) is 22.2 Å². The van der Waals surface area contributed by atoms with E-state index in [4.69, 9.17) is 16.1 Å². The van der Waals surface area contributed by atoms with Crippen LogP contribution in [-0.4, -0.2) is 28.0 Å². The van der Waals surface area contributed by atoms with Crippen LogP contribution in [-0.2, 0) is 6.54 Å². The van der Waals surface area contributed by atoms with E-state index in [0.29, 0.717) is 27.9 Å². The molecule has 0 radical (unpaired) electrons. The summed E-state index contributed by atoms with van der Waals surface area (Å²) < 4.78 is 5.30. The highest BCUT2D eigenvalue weighted by molar-refractivity contribution is 6.33. The van der Waals surface area contributed by atoms with Crippen molar-refractivity contribution < 1.29 is 9.32 Å². The van der Waals surface area contributed by atoms with E-state index in [1.54, 1.807) is 18.0 Å². The first-order chi connectivity index (χ1) is 13.1. The molecule has 0 aliphatic heterocycles. The van der Waals surface area contributed by atoms with E-state index in [2.05, 4.69) is 10.1 Å². The molecule has 4 rings (SSSR count). The first kappa shape index (κ1) is 17.2. The topological polar surface area (TPSA) is 59.2 Å². The molecule has 0 saturated heterocycles. The van der Waals surface area contributed by atoms with Crippen molar-refractivity contribution in [2.75, 3.05) is 7.05 Å². The van der Waals surface area contributed by atoms with E-state index in [-0.39, 0.29) is 12.5 Å². The van der Waals surface area contributed by atoms with Crippen LogP contribution < -0.4 is 0 Å². The minimum atomic E-state index is -0.107. The molecule has 0 fully saturated rings. The number of hydrogen-bond acceptors (Lipinski definition) is 4. The van der Waals surface area contributed by atoms with E-state index in [1.165, 1.54) is 0 Å². The van der Waals surface area contributed by atoms with Gasteiger partial charge in [-0.15, -0.1) is 0 Å². The number of carbonyl (C=O) groups excluding carboxylic acids is 1. The van der Waals surface area contributed by atoms with Gasteiger partial charge in [-0.1, -0.05) is 65.3 Å². The molecule has 0 spiro atoms. The van der Waals surface area contributed by atoms with E-state index < -0.39 is 0 Å². The van der Waals surface area contributed by atoms with Gasteiger partial charge in [0.25, 0.3) is 5.91 Å². The van der Waals surface area contributed by atoms with E-state index >= 15 is 0 Å². The highest BCUT2D eigenvalue weighted by atomic mass is 35.5. The zero-order chi connectivity index (χ0) is 18.8. The van der Waals surface area contributed by atoms with Gasteiger partial charge in [0.1, 0.15) is 0 Å². The molecule has 5 nitrogen and oxygen atoms in total. The van der Waals surface area contributed by atoms with Crippen LogP contribution in [0.5, 0.6) is 0 Å². The van der Waals surface area contributed by atoms with Gasteiger partial charge in [0.2, 0.25) is 11.7 Å². The van der Waals surface area contributed by atoms with Crippen LogP contribution in [0, 0.1) is 0 Å². The normalized spacial score (nSPS) is 10.9. The summed E-state index contributed by atoms with van der Waals surface area (Å²) in [6.45, 7) is 0.208. The molecule has 4 aromatic rings. The second-order valence-electron chi connectivity index (χ2n) is 6.18. The van der Waals surface area contributed by atoms with E-state index in [9.17, 15) is 4.79 Å². The zero-order valence-corrected chi connectivity index (χ0v) is 15.3. The fraction of sp³-hybridized carbons (Fsp3) is 0.0952. The van der Waals surface area contributed by atoms with Gasteiger partial charge < -0.3 is 9.42 Å². The Balaban J connectivity index is 1.57. The molecular formula is C21H16ClN3O2. The second-order valence-corrected chi connectivity index (χ2v) is 6.59. The monoisotopic (exact) mass is 377 g/mol. The molecule has 0 aliphatic rings. The molecule has 0 saturated carbocycles. The maximum Gasteiger partial charge on any atom is 0.254 e. The molecule has 6 heteroatoms. The predicted molar refractivity (Wildman–Crippen MR) is 104 cm³/mol. The standard InChI is InChI=1S/C21H16ClN3O2/c1-25(21(26)16-11-6-8-14-7-2-3-9-15(14)16)13-19-23-20(24-27-19)17-10-4-5-12-18(17)22/h2-12H,13H2,1H3. The van der Waals surface area contributed by atoms with Gasteiger partial charge in [0, 0.05) is 18.2 Å². The van der Waals surface area contributed by atoms with E-state index in [0.717, 1.165) is 10.8 Å². The van der Waals surface area contributed by atoms with Gasteiger partial charge in [0.05, 0.1) is 11.6 Å². The van der Waals surface area contributed by atoms with Crippen molar-refractivity contribution in [3.05, 3.63) is 83.2 Å². The van der Waals surface area contributed by atoms with Gasteiger partial charge in [-0.25, -0.2) is 0 Å². The molecule has 0 bridgehead atoms. The minimum Gasteiger partial charge on any atom is -0.337 e. The molecule has 0 atom stereocenters. The van der Waals surface area contributed by atoms with Crippen LogP contribution in [0.3, 0.4) is 0 Å². The third-order valence-electron chi connectivity index (χ3n) is 4.32. The zero-order valence-electron chi connectivity index (χ0n) is 14.6. The van der Waals surface area contributed by atoms with Gasteiger partial charge >= 0.3 is 0 Å². The Kier molecular flexibility index (Phi) is 4.60. The average molecular weight is 378 g/mol. The predicted octanol–water partition coefficient (Wildman–Crippen LogP) is 4.82. The Morgan fingerprint density at radius 1 is 1.04 bits per heavy atom. The maximum absolute atomic E-state index is 12.9. The van der Waals surface area contributed by atoms with Crippen LogP contribution in [0.15, 0.2) is 71.3 Å². The number of fused-ring (bicyclic) bond motifs is 1. The van der Waals surface area contributed by atoms with Crippen molar-refractivity contribution >= 4 is 28.3 Å². The summed E-state index contributed by atoms with van der Waals surface area (Å²) in [6.07, 6.45) is 0. The molecular weight excluding hydrogens is 362 g/mol. The Morgan fingerprint density at radius 2 is 1.78 bits per heavy atom. The number of amides is 1. The van der Waals surface area contributed by atoms with Gasteiger partial charge in [-0.2, -0.15) is 4.98 Å². The highest BCUT2D eigenvalue weighted by Gasteiger charge is 2.18. The smallest absolute Gasteiger partial charge is 0.254 e. The van der Waals surface area contributed by atoms with Gasteiger partial charge in [0.15, 0.2) is 0 Å². The van der Waals surface area contributed by atoms with Crippen LogP contribution in [0.4, 0.5) is 0 Å². The number of halogens is 1. The van der Waals surface area contributed by atoms with Crippen LogP contribution in [0.1, 0.15) is 16.2 Å². The number of nitrogens with zero attached hydrogens (tertiary/aromatic N) is 3. The largest absolute Gasteiger partial charge is 0.337 e. The lowest BCUT2D eigenvalue weighted by molar-refractivity contribution is 0.0771. The summed E-state index contributed by atoms with van der Waals surface area (Å²) in [6, 6.07) is 20.8. The number of hydrogen-bond donors (Lipinski definition) is 0. The first-order valence-electron chi connectivity index (χ1n) is 8.44. The lowest BCUT2D eigenvalue weighted by Gasteiger charge is -2.16. The van der Waals surface area contributed by atoms with Crippen LogP contribution in [0.2, 0.25) is 5.02 Å². The summed E-state index contributed by atoms with van der Waals surface area (Å²) in [5.41, 5.74) is 1.33. The number of aromatic nitrogens is 2.